The molecule has 1 unspecified atom stereocenters. The number of amides is 1. The molecule has 2 rings (SSSR count). The molecule has 0 aliphatic carbocycles. The Bertz CT molecular complexity index is 577. The SMILES string of the molecule is Cc1nn(C)c(N)c1OC[C@@H]1CN(C(=O)OC(C)(C)C)CC1C. The van der Waals surface area contributed by atoms with Crippen molar-refractivity contribution < 1.29 is 14.3 Å². The van der Waals surface area contributed by atoms with E-state index < -0.39 is 5.60 Å². The van der Waals surface area contributed by atoms with Crippen LogP contribution in [0.15, 0.2) is 0 Å². The lowest BCUT2D eigenvalue weighted by atomic mass is 9.99. The first kappa shape index (κ1) is 17.4. The molecule has 1 amide bonds. The molecule has 23 heavy (non-hydrogen) atoms. The van der Waals surface area contributed by atoms with Crippen molar-refractivity contribution in [2.24, 2.45) is 18.9 Å². The molecule has 1 aliphatic rings. The number of aromatic nitrogens is 2. The Hall–Kier alpha value is -1.92. The van der Waals surface area contributed by atoms with Crippen LogP contribution in [0, 0.1) is 18.8 Å². The molecule has 0 aromatic carbocycles. The van der Waals surface area contributed by atoms with Crippen LogP contribution in [-0.2, 0) is 11.8 Å². The van der Waals surface area contributed by atoms with Crippen molar-refractivity contribution in [1.82, 2.24) is 14.7 Å². The molecule has 0 bridgehead atoms. The monoisotopic (exact) mass is 324 g/mol. The molecule has 0 saturated carbocycles. The first-order chi connectivity index (χ1) is 10.6. The molecular formula is C16H28N4O3. The minimum Gasteiger partial charge on any atom is -0.487 e. The van der Waals surface area contributed by atoms with E-state index >= 15 is 0 Å². The van der Waals surface area contributed by atoms with Gasteiger partial charge in [-0.25, -0.2) is 9.48 Å². The molecule has 1 saturated heterocycles. The normalized spacial score (nSPS) is 21.6. The van der Waals surface area contributed by atoms with Gasteiger partial charge in [0, 0.05) is 26.1 Å². The summed E-state index contributed by atoms with van der Waals surface area (Å²) in [6.45, 7) is 11.4. The van der Waals surface area contributed by atoms with Gasteiger partial charge in [0.1, 0.15) is 11.3 Å². The van der Waals surface area contributed by atoms with Crippen molar-refractivity contribution in [3.8, 4) is 5.75 Å². The van der Waals surface area contributed by atoms with E-state index in [0.29, 0.717) is 37.2 Å². The Morgan fingerprint density at radius 2 is 2.04 bits per heavy atom. The van der Waals surface area contributed by atoms with Crippen LogP contribution in [0.1, 0.15) is 33.4 Å². The van der Waals surface area contributed by atoms with Crippen molar-refractivity contribution in [3.63, 3.8) is 0 Å². The van der Waals surface area contributed by atoms with E-state index in [1.165, 1.54) is 0 Å². The number of nitrogens with two attached hydrogens (primary N) is 1. The van der Waals surface area contributed by atoms with Crippen molar-refractivity contribution >= 4 is 11.9 Å². The molecule has 1 fully saturated rings. The van der Waals surface area contributed by atoms with Crippen LogP contribution in [0.2, 0.25) is 0 Å². The van der Waals surface area contributed by atoms with Gasteiger partial charge in [0.25, 0.3) is 0 Å². The molecular weight excluding hydrogens is 296 g/mol. The fourth-order valence-corrected chi connectivity index (χ4v) is 2.75. The standard InChI is InChI=1S/C16H28N4O3/c1-10-7-20(15(21)23-16(3,4)5)8-12(10)9-22-13-11(2)18-19(6)14(13)17/h10,12H,7-9,17H2,1-6H3/t10?,12-/m0/s1. The number of hydrogen-bond donors (Lipinski definition) is 1. The Morgan fingerprint density at radius 3 is 2.57 bits per heavy atom. The molecule has 7 heteroatoms. The zero-order valence-electron chi connectivity index (χ0n) is 14.9. The van der Waals surface area contributed by atoms with E-state index in [1.54, 1.807) is 16.6 Å². The predicted octanol–water partition coefficient (Wildman–Crippen LogP) is 2.19. The molecule has 130 valence electrons. The number of carbonyl (C=O) groups excluding carboxylic acids is 1. The second kappa shape index (κ2) is 6.29. The van der Waals surface area contributed by atoms with Gasteiger partial charge in [-0.3, -0.25) is 0 Å². The lowest BCUT2D eigenvalue weighted by Crippen LogP contribution is -2.35. The van der Waals surface area contributed by atoms with E-state index in [0.717, 1.165) is 5.69 Å². The van der Waals surface area contributed by atoms with Crippen LogP contribution in [0.25, 0.3) is 0 Å². The molecule has 1 aromatic heterocycles. The fraction of sp³-hybridized carbons (Fsp3) is 0.750. The number of hydrogen-bond acceptors (Lipinski definition) is 5. The first-order valence-electron chi connectivity index (χ1n) is 7.98. The molecule has 1 aromatic rings. The minimum absolute atomic E-state index is 0.251. The summed E-state index contributed by atoms with van der Waals surface area (Å²) >= 11 is 0. The lowest BCUT2D eigenvalue weighted by molar-refractivity contribution is 0.0282. The highest BCUT2D eigenvalue weighted by Gasteiger charge is 2.35. The highest BCUT2D eigenvalue weighted by atomic mass is 16.6. The van der Waals surface area contributed by atoms with Gasteiger partial charge in [0.2, 0.25) is 0 Å². The summed E-state index contributed by atoms with van der Waals surface area (Å²) in [6, 6.07) is 0. The molecule has 2 atom stereocenters. The molecule has 2 heterocycles. The number of nitrogens with zero attached hydrogens (tertiary/aromatic N) is 3. The molecule has 0 radical (unpaired) electrons. The second-order valence-electron chi connectivity index (χ2n) is 7.36. The fourth-order valence-electron chi connectivity index (χ4n) is 2.75. The Labute approximate surface area is 137 Å². The minimum atomic E-state index is -0.476. The summed E-state index contributed by atoms with van der Waals surface area (Å²) in [4.78, 5) is 13.9. The molecule has 1 aliphatic heterocycles. The first-order valence-corrected chi connectivity index (χ1v) is 7.98. The summed E-state index contributed by atoms with van der Waals surface area (Å²) in [7, 11) is 1.79. The summed E-state index contributed by atoms with van der Waals surface area (Å²) in [5.74, 6) is 1.76. The van der Waals surface area contributed by atoms with Gasteiger partial charge in [-0.1, -0.05) is 6.92 Å². The Morgan fingerprint density at radius 1 is 1.39 bits per heavy atom. The maximum absolute atomic E-state index is 12.2. The van der Waals surface area contributed by atoms with Gasteiger partial charge in [-0.05, 0) is 33.6 Å². The second-order valence-corrected chi connectivity index (χ2v) is 7.36. The third-order valence-corrected chi connectivity index (χ3v) is 4.07. The number of carbonyl (C=O) groups is 1. The van der Waals surface area contributed by atoms with Crippen LogP contribution in [-0.4, -0.2) is 46.1 Å². The third kappa shape index (κ3) is 4.09. The number of nitrogen functional groups attached to an aromatic ring is 1. The summed E-state index contributed by atoms with van der Waals surface area (Å²) in [6.07, 6.45) is -0.260. The zero-order chi connectivity index (χ0) is 17.4. The van der Waals surface area contributed by atoms with E-state index in [4.69, 9.17) is 15.2 Å². The van der Waals surface area contributed by atoms with Gasteiger partial charge in [0.05, 0.1) is 6.61 Å². The highest BCUT2D eigenvalue weighted by Crippen LogP contribution is 2.29. The van der Waals surface area contributed by atoms with Crippen molar-refractivity contribution in [3.05, 3.63) is 5.69 Å². The van der Waals surface area contributed by atoms with E-state index in [2.05, 4.69) is 12.0 Å². The summed E-state index contributed by atoms with van der Waals surface area (Å²) < 4.78 is 12.9. The zero-order valence-corrected chi connectivity index (χ0v) is 14.9. The topological polar surface area (TPSA) is 82.6 Å². The maximum atomic E-state index is 12.2. The van der Waals surface area contributed by atoms with Crippen molar-refractivity contribution in [1.29, 1.82) is 0 Å². The van der Waals surface area contributed by atoms with Crippen LogP contribution in [0.5, 0.6) is 5.75 Å². The number of rotatable bonds is 3. The van der Waals surface area contributed by atoms with Gasteiger partial charge in [0.15, 0.2) is 11.6 Å². The van der Waals surface area contributed by atoms with Crippen molar-refractivity contribution in [2.45, 2.75) is 40.2 Å². The highest BCUT2D eigenvalue weighted by molar-refractivity contribution is 5.68. The van der Waals surface area contributed by atoms with Crippen LogP contribution >= 0.6 is 0 Å². The molecule has 0 spiro atoms. The molecule has 7 nitrogen and oxygen atoms in total. The summed E-state index contributed by atoms with van der Waals surface area (Å²) in [5, 5.41) is 4.24. The van der Waals surface area contributed by atoms with E-state index in [9.17, 15) is 4.79 Å². The van der Waals surface area contributed by atoms with E-state index in [-0.39, 0.29) is 12.0 Å². The average molecular weight is 324 g/mol. The number of aryl methyl sites for hydroxylation is 2. The number of anilines is 1. The number of ether oxygens (including phenoxy) is 2. The Kier molecular flexibility index (Phi) is 4.77. The molecule has 2 N–H and O–H groups in total. The van der Waals surface area contributed by atoms with Crippen LogP contribution < -0.4 is 10.5 Å². The number of likely N-dealkylation sites (tertiary alicyclic amines) is 1. The van der Waals surface area contributed by atoms with Crippen molar-refractivity contribution in [2.75, 3.05) is 25.4 Å². The van der Waals surface area contributed by atoms with Gasteiger partial charge >= 0.3 is 6.09 Å². The quantitative estimate of drug-likeness (QED) is 0.921. The van der Waals surface area contributed by atoms with Gasteiger partial charge < -0.3 is 20.1 Å². The maximum Gasteiger partial charge on any atom is 0.410 e. The van der Waals surface area contributed by atoms with Gasteiger partial charge in [-0.15, -0.1) is 0 Å². The smallest absolute Gasteiger partial charge is 0.410 e. The predicted molar refractivity (Wildman–Crippen MR) is 88.3 cm³/mol. The lowest BCUT2D eigenvalue weighted by Gasteiger charge is -2.24. The Balaban J connectivity index is 1.93. The van der Waals surface area contributed by atoms with Crippen LogP contribution in [0.4, 0.5) is 10.6 Å². The van der Waals surface area contributed by atoms with Crippen LogP contribution in [0.3, 0.4) is 0 Å². The third-order valence-electron chi connectivity index (χ3n) is 4.07. The van der Waals surface area contributed by atoms with Gasteiger partial charge in [-0.2, -0.15) is 5.10 Å². The summed E-state index contributed by atoms with van der Waals surface area (Å²) in [5.41, 5.74) is 6.26. The largest absolute Gasteiger partial charge is 0.487 e. The van der Waals surface area contributed by atoms with E-state index in [1.807, 2.05) is 27.7 Å². The average Bonchev–Trinajstić information content (AvgIpc) is 2.88.